The molecule has 4 aromatic rings. The molecule has 0 saturated heterocycles. The SMILES string of the molecule is COc1cc(-c2ccc3cc(C(=O)NCCC(F)(F)CCCC(=O)NC4(C#N)CC4)oc3c2)ccc1-n1ncnc1C. The van der Waals surface area contributed by atoms with Crippen molar-refractivity contribution in [3.63, 3.8) is 0 Å². The maximum absolute atomic E-state index is 14.3. The Kier molecular flexibility index (Phi) is 7.93. The normalized spacial score (nSPS) is 13.9. The summed E-state index contributed by atoms with van der Waals surface area (Å²) in [6, 6.07) is 14.8. The molecule has 1 aliphatic rings. The highest BCUT2D eigenvalue weighted by atomic mass is 19.3. The molecule has 12 heteroatoms. The van der Waals surface area contributed by atoms with E-state index in [1.807, 2.05) is 43.3 Å². The van der Waals surface area contributed by atoms with E-state index in [4.69, 9.17) is 14.4 Å². The molecule has 10 nitrogen and oxygen atoms in total. The summed E-state index contributed by atoms with van der Waals surface area (Å²) in [5.41, 5.74) is 2.10. The van der Waals surface area contributed by atoms with Gasteiger partial charge in [0.2, 0.25) is 11.8 Å². The summed E-state index contributed by atoms with van der Waals surface area (Å²) in [5.74, 6) is -2.70. The van der Waals surface area contributed by atoms with E-state index in [1.54, 1.807) is 23.9 Å². The highest BCUT2D eigenvalue weighted by molar-refractivity contribution is 5.96. The van der Waals surface area contributed by atoms with Crippen LogP contribution in [0.5, 0.6) is 5.75 Å². The van der Waals surface area contributed by atoms with Gasteiger partial charge in [0, 0.05) is 31.2 Å². The lowest BCUT2D eigenvalue weighted by molar-refractivity contribution is -0.122. The summed E-state index contributed by atoms with van der Waals surface area (Å²) < 4.78 is 41.7. The molecule has 0 atom stereocenters. The van der Waals surface area contributed by atoms with E-state index in [2.05, 4.69) is 20.7 Å². The molecule has 0 spiro atoms. The second-order valence-corrected chi connectivity index (χ2v) is 10.4. The van der Waals surface area contributed by atoms with Crippen molar-refractivity contribution >= 4 is 22.8 Å². The summed E-state index contributed by atoms with van der Waals surface area (Å²) >= 11 is 0. The number of nitrogens with zero attached hydrogens (tertiary/aromatic N) is 4. The molecule has 2 amide bonds. The first-order valence-electron chi connectivity index (χ1n) is 13.6. The summed E-state index contributed by atoms with van der Waals surface area (Å²) in [6.07, 6.45) is 1.49. The van der Waals surface area contributed by atoms with Gasteiger partial charge in [0.05, 0.1) is 13.2 Å². The Morgan fingerprint density at radius 3 is 2.62 bits per heavy atom. The quantitative estimate of drug-likeness (QED) is 0.240. The molecule has 2 N–H and O–H groups in total. The Bertz CT molecular complexity index is 1670. The lowest BCUT2D eigenvalue weighted by Gasteiger charge is -2.16. The molecule has 2 aromatic carbocycles. The second kappa shape index (κ2) is 11.6. The van der Waals surface area contributed by atoms with Crippen LogP contribution >= 0.6 is 0 Å². The predicted molar refractivity (Wildman–Crippen MR) is 149 cm³/mol. The number of hydrogen-bond acceptors (Lipinski definition) is 7. The van der Waals surface area contributed by atoms with Crippen LogP contribution in [0.25, 0.3) is 27.8 Å². The van der Waals surface area contributed by atoms with E-state index in [9.17, 15) is 18.4 Å². The topological polar surface area (TPSA) is 135 Å². The molecule has 0 unspecified atom stereocenters. The van der Waals surface area contributed by atoms with Crippen LogP contribution in [-0.4, -0.2) is 51.7 Å². The van der Waals surface area contributed by atoms with Gasteiger partial charge in [0.15, 0.2) is 5.76 Å². The van der Waals surface area contributed by atoms with Crippen molar-refractivity contribution < 1.29 is 27.5 Å². The lowest BCUT2D eigenvalue weighted by Crippen LogP contribution is -2.35. The Morgan fingerprint density at radius 2 is 1.93 bits per heavy atom. The molecular weight excluding hydrogens is 546 g/mol. The van der Waals surface area contributed by atoms with Crippen LogP contribution in [-0.2, 0) is 4.79 Å². The number of aryl methyl sites for hydroxylation is 1. The summed E-state index contributed by atoms with van der Waals surface area (Å²) in [4.78, 5) is 28.7. The molecule has 2 aromatic heterocycles. The number of nitriles is 1. The van der Waals surface area contributed by atoms with Crippen LogP contribution in [0, 0.1) is 18.3 Å². The fraction of sp³-hybridized carbons (Fsp3) is 0.367. The molecule has 0 bridgehead atoms. The average molecular weight is 577 g/mol. The minimum atomic E-state index is -3.05. The third kappa shape index (κ3) is 6.40. The molecule has 2 heterocycles. The number of methoxy groups -OCH3 is 1. The monoisotopic (exact) mass is 576 g/mol. The molecular formula is C30H30F2N6O4. The summed E-state index contributed by atoms with van der Waals surface area (Å²) in [7, 11) is 1.57. The minimum absolute atomic E-state index is 0.0169. The van der Waals surface area contributed by atoms with Gasteiger partial charge in [-0.2, -0.15) is 10.4 Å². The fourth-order valence-electron chi connectivity index (χ4n) is 4.69. The first-order chi connectivity index (χ1) is 20.1. The van der Waals surface area contributed by atoms with Gasteiger partial charge in [0.1, 0.15) is 34.7 Å². The van der Waals surface area contributed by atoms with Gasteiger partial charge >= 0.3 is 0 Å². The van der Waals surface area contributed by atoms with Crippen molar-refractivity contribution in [1.29, 1.82) is 5.26 Å². The molecule has 5 rings (SSSR count). The third-order valence-corrected chi connectivity index (χ3v) is 7.27. The molecule has 218 valence electrons. The number of rotatable bonds is 12. The Hall–Kier alpha value is -4.79. The molecule has 0 radical (unpaired) electrons. The highest BCUT2D eigenvalue weighted by Crippen LogP contribution is 2.35. The maximum Gasteiger partial charge on any atom is 0.287 e. The number of benzene rings is 2. The fourth-order valence-corrected chi connectivity index (χ4v) is 4.69. The highest BCUT2D eigenvalue weighted by Gasteiger charge is 2.44. The molecule has 1 aliphatic carbocycles. The lowest BCUT2D eigenvalue weighted by atomic mass is 10.0. The van der Waals surface area contributed by atoms with Crippen LogP contribution in [0.4, 0.5) is 8.78 Å². The molecule has 42 heavy (non-hydrogen) atoms. The van der Waals surface area contributed by atoms with E-state index < -0.39 is 36.1 Å². The number of halogens is 2. The van der Waals surface area contributed by atoms with Gasteiger partial charge < -0.3 is 19.8 Å². The van der Waals surface area contributed by atoms with Crippen LogP contribution in [0.3, 0.4) is 0 Å². The number of fused-ring (bicyclic) bond motifs is 1. The number of alkyl halides is 2. The number of hydrogen-bond donors (Lipinski definition) is 2. The number of amides is 2. The van der Waals surface area contributed by atoms with Gasteiger partial charge in [-0.15, -0.1) is 0 Å². The van der Waals surface area contributed by atoms with E-state index >= 15 is 0 Å². The first-order valence-corrected chi connectivity index (χ1v) is 13.6. The Balaban J connectivity index is 1.16. The van der Waals surface area contributed by atoms with Gasteiger partial charge in [-0.05, 0) is 61.6 Å². The van der Waals surface area contributed by atoms with Gasteiger partial charge in [-0.1, -0.05) is 18.2 Å². The van der Waals surface area contributed by atoms with Gasteiger partial charge in [-0.25, -0.2) is 18.4 Å². The van der Waals surface area contributed by atoms with Crippen molar-refractivity contribution in [1.82, 2.24) is 25.4 Å². The second-order valence-electron chi connectivity index (χ2n) is 10.4. The zero-order chi connectivity index (χ0) is 29.9. The number of carbonyl (C=O) groups excluding carboxylic acids is 2. The Morgan fingerprint density at radius 1 is 1.17 bits per heavy atom. The number of nitrogens with one attached hydrogen (secondary N) is 2. The number of carbonyl (C=O) groups is 2. The minimum Gasteiger partial charge on any atom is -0.494 e. The van der Waals surface area contributed by atoms with E-state index in [1.165, 1.54) is 6.33 Å². The molecule has 1 fully saturated rings. The van der Waals surface area contributed by atoms with Crippen molar-refractivity contribution in [3.8, 4) is 28.6 Å². The third-order valence-electron chi connectivity index (χ3n) is 7.27. The zero-order valence-corrected chi connectivity index (χ0v) is 23.2. The van der Waals surface area contributed by atoms with Gasteiger partial charge in [-0.3, -0.25) is 9.59 Å². The van der Waals surface area contributed by atoms with Crippen molar-refractivity contribution in [2.24, 2.45) is 0 Å². The largest absolute Gasteiger partial charge is 0.494 e. The number of aromatic nitrogens is 3. The van der Waals surface area contributed by atoms with Crippen molar-refractivity contribution in [3.05, 3.63) is 60.4 Å². The number of ether oxygens (including phenoxy) is 1. The van der Waals surface area contributed by atoms with Crippen molar-refractivity contribution in [2.75, 3.05) is 13.7 Å². The van der Waals surface area contributed by atoms with Gasteiger partial charge in [0.25, 0.3) is 5.91 Å². The number of furan rings is 1. The standard InChI is InChI=1S/C30H30F2N6O4/c1-19-35-18-36-38(19)23-8-7-21(15-25(23)41-2)20-5-6-22-16-26(42-24(22)14-20)28(40)34-13-12-30(31,32)9-3-4-27(39)37-29(17-33)10-11-29/h5-8,14-16,18H,3-4,9-13H2,1-2H3,(H,34,40)(H,37,39). The van der Waals surface area contributed by atoms with Crippen molar-refractivity contribution in [2.45, 2.75) is 56.9 Å². The van der Waals surface area contributed by atoms with E-state index in [-0.39, 0.29) is 25.1 Å². The average Bonchev–Trinajstić information content (AvgIpc) is 3.39. The van der Waals surface area contributed by atoms with Crippen LogP contribution in [0.1, 0.15) is 54.9 Å². The Labute approximate surface area is 240 Å². The molecule has 1 saturated carbocycles. The zero-order valence-electron chi connectivity index (χ0n) is 23.2. The van der Waals surface area contributed by atoms with Crippen LogP contribution in [0.15, 0.2) is 53.2 Å². The summed E-state index contributed by atoms with van der Waals surface area (Å²) in [6.45, 7) is 1.59. The smallest absolute Gasteiger partial charge is 0.287 e. The first kappa shape index (κ1) is 28.7. The van der Waals surface area contributed by atoms with E-state index in [0.29, 0.717) is 29.6 Å². The molecule has 0 aliphatic heterocycles. The predicted octanol–water partition coefficient (Wildman–Crippen LogP) is 5.10. The summed E-state index contributed by atoms with van der Waals surface area (Å²) in [5, 5.41) is 19.0. The maximum atomic E-state index is 14.3. The van der Waals surface area contributed by atoms with E-state index in [0.717, 1.165) is 22.6 Å². The van der Waals surface area contributed by atoms with Crippen LogP contribution in [0.2, 0.25) is 0 Å². The van der Waals surface area contributed by atoms with Crippen LogP contribution < -0.4 is 15.4 Å².